The van der Waals surface area contributed by atoms with Crippen molar-refractivity contribution in [1.29, 1.82) is 0 Å². The van der Waals surface area contributed by atoms with Crippen LogP contribution in [-0.4, -0.2) is 64.2 Å². The van der Waals surface area contributed by atoms with E-state index in [0.29, 0.717) is 19.1 Å². The molecule has 0 heterocycles. The molecule has 2 N–H and O–H groups in total. The van der Waals surface area contributed by atoms with Gasteiger partial charge in [-0.05, 0) is 18.4 Å². The molecule has 25 heavy (non-hydrogen) atoms. The molecular formula is C19H30N4O2. The normalized spacial score (nSPS) is 16.0. The summed E-state index contributed by atoms with van der Waals surface area (Å²) in [4.78, 5) is 17.8. The Kier molecular flexibility index (Phi) is 7.25. The fraction of sp³-hybridized carbons (Fsp3) is 0.579. The molecule has 138 valence electrons. The first-order valence-corrected chi connectivity index (χ1v) is 8.84. The van der Waals surface area contributed by atoms with Gasteiger partial charge in [0, 0.05) is 39.7 Å². The molecule has 1 fully saturated rings. The van der Waals surface area contributed by atoms with Crippen molar-refractivity contribution in [2.24, 2.45) is 4.99 Å². The van der Waals surface area contributed by atoms with Gasteiger partial charge in [-0.2, -0.15) is 0 Å². The van der Waals surface area contributed by atoms with Gasteiger partial charge in [0.05, 0.1) is 6.61 Å². The summed E-state index contributed by atoms with van der Waals surface area (Å²) in [5.74, 6) is 0.642. The van der Waals surface area contributed by atoms with Gasteiger partial charge in [0.2, 0.25) is 5.91 Å². The van der Waals surface area contributed by atoms with Crippen molar-refractivity contribution in [1.82, 2.24) is 15.5 Å². The molecule has 2 rings (SSSR count). The fourth-order valence-electron chi connectivity index (χ4n) is 2.95. The number of carbonyl (C=O) groups is 1. The average molecular weight is 346 g/mol. The number of guanidine groups is 1. The van der Waals surface area contributed by atoms with E-state index >= 15 is 0 Å². The molecule has 0 saturated heterocycles. The van der Waals surface area contributed by atoms with Crippen molar-refractivity contribution in [2.75, 3.05) is 47.4 Å². The highest BCUT2D eigenvalue weighted by Gasteiger charge is 2.38. The van der Waals surface area contributed by atoms with Crippen molar-refractivity contribution >= 4 is 11.9 Å². The first kappa shape index (κ1) is 19.2. The number of nitrogens with zero attached hydrogens (tertiary/aromatic N) is 2. The highest BCUT2D eigenvalue weighted by molar-refractivity contribution is 5.84. The summed E-state index contributed by atoms with van der Waals surface area (Å²) in [7, 11) is 5.14. The van der Waals surface area contributed by atoms with E-state index in [9.17, 15) is 4.79 Å². The number of amides is 1. The van der Waals surface area contributed by atoms with E-state index in [1.165, 1.54) is 24.8 Å². The molecule has 1 aromatic carbocycles. The van der Waals surface area contributed by atoms with Gasteiger partial charge in [0.15, 0.2) is 5.96 Å². The topological polar surface area (TPSA) is 66.0 Å². The number of carbonyl (C=O) groups excluding carboxylic acids is 1. The number of nitrogens with one attached hydrogen (secondary N) is 2. The number of hydrogen-bond donors (Lipinski definition) is 2. The van der Waals surface area contributed by atoms with E-state index < -0.39 is 0 Å². The van der Waals surface area contributed by atoms with Gasteiger partial charge in [-0.25, -0.2) is 4.99 Å². The molecule has 1 aliphatic carbocycles. The molecule has 0 bridgehead atoms. The number of hydrogen-bond acceptors (Lipinski definition) is 3. The minimum atomic E-state index is -0.0192. The second kappa shape index (κ2) is 9.42. The Morgan fingerprint density at radius 1 is 1.24 bits per heavy atom. The number of rotatable bonds is 8. The van der Waals surface area contributed by atoms with Crippen LogP contribution in [0.5, 0.6) is 0 Å². The van der Waals surface area contributed by atoms with E-state index in [0.717, 1.165) is 6.54 Å². The van der Waals surface area contributed by atoms with Crippen molar-refractivity contribution in [2.45, 2.75) is 24.7 Å². The average Bonchev–Trinajstić information content (AvgIpc) is 2.58. The van der Waals surface area contributed by atoms with Crippen LogP contribution in [0.3, 0.4) is 0 Å². The second-order valence-electron chi connectivity index (χ2n) is 6.73. The minimum Gasteiger partial charge on any atom is -0.383 e. The molecule has 0 spiro atoms. The van der Waals surface area contributed by atoms with Crippen molar-refractivity contribution < 1.29 is 9.53 Å². The lowest BCUT2D eigenvalue weighted by molar-refractivity contribution is -0.127. The van der Waals surface area contributed by atoms with Crippen molar-refractivity contribution in [3.8, 4) is 0 Å². The Hall–Kier alpha value is -2.08. The summed E-state index contributed by atoms with van der Waals surface area (Å²) < 4.78 is 5.08. The third-order valence-electron chi connectivity index (χ3n) is 4.76. The predicted octanol–water partition coefficient (Wildman–Crippen LogP) is 1.38. The molecule has 1 saturated carbocycles. The Balaban J connectivity index is 2.00. The van der Waals surface area contributed by atoms with Gasteiger partial charge in [-0.15, -0.1) is 0 Å². The summed E-state index contributed by atoms with van der Waals surface area (Å²) in [5, 5.41) is 6.66. The molecule has 0 aliphatic heterocycles. The maximum absolute atomic E-state index is 11.8. The second-order valence-corrected chi connectivity index (χ2v) is 6.73. The number of likely N-dealkylation sites (N-methyl/N-ethyl adjacent to an activating group) is 1. The molecule has 1 amide bonds. The smallest absolute Gasteiger partial charge is 0.243 e. The van der Waals surface area contributed by atoms with Crippen LogP contribution in [0.15, 0.2) is 35.3 Å². The largest absolute Gasteiger partial charge is 0.383 e. The molecule has 0 unspecified atom stereocenters. The number of ether oxygens (including phenoxy) is 1. The van der Waals surface area contributed by atoms with Gasteiger partial charge in [0.25, 0.3) is 0 Å². The van der Waals surface area contributed by atoms with Crippen LogP contribution in [-0.2, 0) is 14.9 Å². The van der Waals surface area contributed by atoms with Gasteiger partial charge < -0.3 is 20.3 Å². The van der Waals surface area contributed by atoms with Crippen LogP contribution in [0.25, 0.3) is 0 Å². The predicted molar refractivity (Wildman–Crippen MR) is 101 cm³/mol. The van der Waals surface area contributed by atoms with E-state index in [-0.39, 0.29) is 17.9 Å². The minimum absolute atomic E-state index is 0.0192. The van der Waals surface area contributed by atoms with Gasteiger partial charge >= 0.3 is 0 Å². The fourth-order valence-corrected chi connectivity index (χ4v) is 2.95. The molecule has 6 nitrogen and oxygen atoms in total. The zero-order valence-electron chi connectivity index (χ0n) is 15.5. The maximum Gasteiger partial charge on any atom is 0.243 e. The van der Waals surface area contributed by atoms with Crippen LogP contribution in [0.2, 0.25) is 0 Å². The summed E-state index contributed by atoms with van der Waals surface area (Å²) in [6.07, 6.45) is 3.59. The molecule has 0 atom stereocenters. The van der Waals surface area contributed by atoms with Gasteiger partial charge in [0.1, 0.15) is 6.54 Å². The Bertz CT molecular complexity index is 568. The highest BCUT2D eigenvalue weighted by atomic mass is 16.5. The maximum atomic E-state index is 11.8. The molecule has 1 aromatic rings. The Labute approximate surface area is 150 Å². The Morgan fingerprint density at radius 3 is 2.52 bits per heavy atom. The molecule has 6 heteroatoms. The Morgan fingerprint density at radius 2 is 1.96 bits per heavy atom. The number of aliphatic imine (C=N–C) groups is 1. The van der Waals surface area contributed by atoms with Crippen LogP contribution >= 0.6 is 0 Å². The SMILES string of the molecule is COCCNC(=NCC(=O)N(C)C)NCC1(c2ccccc2)CCC1. The molecule has 0 aromatic heterocycles. The van der Waals surface area contributed by atoms with E-state index in [1.54, 1.807) is 26.1 Å². The third-order valence-corrected chi connectivity index (χ3v) is 4.76. The zero-order chi connectivity index (χ0) is 18.1. The summed E-state index contributed by atoms with van der Waals surface area (Å²) in [6.45, 7) is 2.18. The van der Waals surface area contributed by atoms with E-state index in [1.807, 2.05) is 0 Å². The monoisotopic (exact) mass is 346 g/mol. The lowest BCUT2D eigenvalue weighted by Crippen LogP contribution is -2.49. The zero-order valence-corrected chi connectivity index (χ0v) is 15.5. The molecule has 0 radical (unpaired) electrons. The van der Waals surface area contributed by atoms with Crippen LogP contribution < -0.4 is 10.6 Å². The lowest BCUT2D eigenvalue weighted by atomic mass is 9.64. The number of methoxy groups -OCH3 is 1. The van der Waals surface area contributed by atoms with Crippen LogP contribution in [0, 0.1) is 0 Å². The lowest BCUT2D eigenvalue weighted by Gasteiger charge is -2.43. The first-order chi connectivity index (χ1) is 12.1. The van der Waals surface area contributed by atoms with Gasteiger partial charge in [-0.3, -0.25) is 4.79 Å². The molecular weight excluding hydrogens is 316 g/mol. The summed E-state index contributed by atoms with van der Waals surface area (Å²) in [5.41, 5.74) is 1.53. The van der Waals surface area contributed by atoms with E-state index in [2.05, 4.69) is 46.0 Å². The molecule has 1 aliphatic rings. The highest BCUT2D eigenvalue weighted by Crippen LogP contribution is 2.43. The first-order valence-electron chi connectivity index (χ1n) is 8.84. The van der Waals surface area contributed by atoms with Crippen molar-refractivity contribution in [3.05, 3.63) is 35.9 Å². The van der Waals surface area contributed by atoms with Crippen LogP contribution in [0.1, 0.15) is 24.8 Å². The van der Waals surface area contributed by atoms with E-state index in [4.69, 9.17) is 4.74 Å². The van der Waals surface area contributed by atoms with Gasteiger partial charge in [-0.1, -0.05) is 36.8 Å². The number of benzene rings is 1. The third kappa shape index (κ3) is 5.46. The van der Waals surface area contributed by atoms with Crippen LogP contribution in [0.4, 0.5) is 0 Å². The summed E-state index contributed by atoms with van der Waals surface area (Å²) in [6, 6.07) is 10.6. The quantitative estimate of drug-likeness (QED) is 0.424. The summed E-state index contributed by atoms with van der Waals surface area (Å²) >= 11 is 0. The standard InChI is InChI=1S/C19H30N4O2/c1-23(2)17(24)14-21-18(20-12-13-25-3)22-15-19(10-7-11-19)16-8-5-4-6-9-16/h4-6,8-9H,7,10-15H2,1-3H3,(H2,20,21,22). The van der Waals surface area contributed by atoms with Crippen molar-refractivity contribution in [3.63, 3.8) is 0 Å².